The number of hydrogen-bond acceptors (Lipinski definition) is 3. The third kappa shape index (κ3) is 2.42. The Kier molecular flexibility index (Phi) is 3.33. The lowest BCUT2D eigenvalue weighted by Gasteiger charge is -2.18. The number of benzene rings is 1. The molecule has 1 amide bonds. The molecule has 0 saturated carbocycles. The third-order valence-electron chi connectivity index (χ3n) is 3.18. The predicted octanol–water partition coefficient (Wildman–Crippen LogP) is 0.983. The second kappa shape index (κ2) is 4.75. The van der Waals surface area contributed by atoms with Crippen LogP contribution in [0.3, 0.4) is 0 Å². The van der Waals surface area contributed by atoms with Gasteiger partial charge in [0.25, 0.3) is 0 Å². The average Bonchev–Trinajstić information content (AvgIpc) is 2.51. The minimum absolute atomic E-state index is 0.0281. The molecule has 1 aliphatic heterocycles. The summed E-state index contributed by atoms with van der Waals surface area (Å²) in [5.41, 5.74) is 8.89. The molecule has 2 rings (SSSR count). The van der Waals surface area contributed by atoms with Crippen LogP contribution in [-0.4, -0.2) is 30.5 Å². The molecule has 2 N–H and O–H groups in total. The van der Waals surface area contributed by atoms with E-state index in [-0.39, 0.29) is 12.5 Å². The molecule has 92 valence electrons. The summed E-state index contributed by atoms with van der Waals surface area (Å²) in [5.74, 6) is 0.861. The van der Waals surface area contributed by atoms with Gasteiger partial charge >= 0.3 is 0 Å². The van der Waals surface area contributed by atoms with E-state index in [1.807, 2.05) is 6.07 Å². The number of aryl methyl sites for hydroxylation is 2. The lowest BCUT2D eigenvalue weighted by Crippen LogP contribution is -2.36. The van der Waals surface area contributed by atoms with E-state index in [2.05, 4.69) is 19.9 Å². The van der Waals surface area contributed by atoms with Gasteiger partial charge in [-0.05, 0) is 31.0 Å². The van der Waals surface area contributed by atoms with Gasteiger partial charge in [-0.1, -0.05) is 6.07 Å². The van der Waals surface area contributed by atoms with Crippen LogP contribution in [0, 0.1) is 13.8 Å². The Morgan fingerprint density at radius 1 is 1.41 bits per heavy atom. The van der Waals surface area contributed by atoms with Gasteiger partial charge in [0.05, 0.1) is 13.1 Å². The first-order valence-corrected chi connectivity index (χ1v) is 5.82. The van der Waals surface area contributed by atoms with Gasteiger partial charge in [0.2, 0.25) is 5.91 Å². The summed E-state index contributed by atoms with van der Waals surface area (Å²) in [6, 6.07) is 4.13. The Morgan fingerprint density at radius 3 is 2.82 bits per heavy atom. The van der Waals surface area contributed by atoms with Crippen molar-refractivity contribution in [1.29, 1.82) is 0 Å². The maximum absolute atomic E-state index is 11.6. The van der Waals surface area contributed by atoms with Crippen LogP contribution in [0.1, 0.15) is 16.7 Å². The van der Waals surface area contributed by atoms with Crippen LogP contribution in [0.2, 0.25) is 0 Å². The minimum Gasteiger partial charge on any atom is -0.491 e. The van der Waals surface area contributed by atoms with Crippen LogP contribution in [0.25, 0.3) is 0 Å². The first-order valence-electron chi connectivity index (χ1n) is 5.82. The molecule has 0 fully saturated rings. The van der Waals surface area contributed by atoms with Crippen LogP contribution >= 0.6 is 0 Å². The summed E-state index contributed by atoms with van der Waals surface area (Å²) in [7, 11) is 0. The molecule has 1 aromatic carbocycles. The zero-order valence-corrected chi connectivity index (χ0v) is 10.3. The van der Waals surface area contributed by atoms with Crippen molar-refractivity contribution in [3.63, 3.8) is 0 Å². The van der Waals surface area contributed by atoms with E-state index < -0.39 is 0 Å². The lowest BCUT2D eigenvalue weighted by atomic mass is 10.0. The summed E-state index contributed by atoms with van der Waals surface area (Å²) in [6.45, 7) is 5.90. The Hall–Kier alpha value is -1.55. The predicted molar refractivity (Wildman–Crippen MR) is 65.9 cm³/mol. The van der Waals surface area contributed by atoms with Gasteiger partial charge in [-0.2, -0.15) is 0 Å². The SMILES string of the molecule is Cc1cc2c(cc1C)OCCN(C(=O)CN)C2. The Labute approximate surface area is 101 Å². The first-order chi connectivity index (χ1) is 8.11. The maximum atomic E-state index is 11.6. The lowest BCUT2D eigenvalue weighted by molar-refractivity contribution is -0.130. The number of carbonyl (C=O) groups excluding carboxylic acids is 1. The molecule has 1 aromatic rings. The van der Waals surface area contributed by atoms with Crippen molar-refractivity contribution in [2.24, 2.45) is 5.73 Å². The van der Waals surface area contributed by atoms with E-state index in [0.29, 0.717) is 19.7 Å². The van der Waals surface area contributed by atoms with E-state index >= 15 is 0 Å². The number of hydrogen-bond donors (Lipinski definition) is 1. The standard InChI is InChI=1S/C13H18N2O2/c1-9-5-11-8-15(13(16)7-14)3-4-17-12(11)6-10(9)2/h5-6H,3-4,7-8,14H2,1-2H3. The summed E-state index contributed by atoms with van der Waals surface area (Å²) < 4.78 is 5.67. The molecule has 0 saturated heterocycles. The molecule has 0 unspecified atom stereocenters. The van der Waals surface area contributed by atoms with Crippen LogP contribution in [0.15, 0.2) is 12.1 Å². The highest BCUT2D eigenvalue weighted by Crippen LogP contribution is 2.26. The number of nitrogens with zero attached hydrogens (tertiary/aromatic N) is 1. The van der Waals surface area contributed by atoms with Crippen molar-refractivity contribution >= 4 is 5.91 Å². The van der Waals surface area contributed by atoms with Gasteiger partial charge in [0.15, 0.2) is 0 Å². The first kappa shape index (κ1) is 11.9. The maximum Gasteiger partial charge on any atom is 0.236 e. The van der Waals surface area contributed by atoms with Crippen molar-refractivity contribution in [2.45, 2.75) is 20.4 Å². The fourth-order valence-corrected chi connectivity index (χ4v) is 2.00. The number of carbonyl (C=O) groups is 1. The van der Waals surface area contributed by atoms with Gasteiger partial charge in [-0.15, -0.1) is 0 Å². The number of nitrogens with two attached hydrogens (primary N) is 1. The highest BCUT2D eigenvalue weighted by atomic mass is 16.5. The van der Waals surface area contributed by atoms with Gasteiger partial charge in [-0.3, -0.25) is 4.79 Å². The minimum atomic E-state index is -0.0281. The number of ether oxygens (including phenoxy) is 1. The second-order valence-electron chi connectivity index (χ2n) is 4.41. The molecule has 17 heavy (non-hydrogen) atoms. The molecule has 4 nitrogen and oxygen atoms in total. The van der Waals surface area contributed by atoms with Gasteiger partial charge < -0.3 is 15.4 Å². The molecule has 0 atom stereocenters. The van der Waals surface area contributed by atoms with E-state index in [0.717, 1.165) is 11.3 Å². The fourth-order valence-electron chi connectivity index (χ4n) is 2.00. The largest absolute Gasteiger partial charge is 0.491 e. The average molecular weight is 234 g/mol. The quantitative estimate of drug-likeness (QED) is 0.788. The van der Waals surface area contributed by atoms with Crippen molar-refractivity contribution in [1.82, 2.24) is 4.90 Å². The molecule has 4 heteroatoms. The van der Waals surface area contributed by atoms with E-state index in [9.17, 15) is 4.79 Å². The third-order valence-corrected chi connectivity index (χ3v) is 3.18. The second-order valence-corrected chi connectivity index (χ2v) is 4.41. The smallest absolute Gasteiger partial charge is 0.236 e. The molecule has 0 spiro atoms. The van der Waals surface area contributed by atoms with E-state index in [4.69, 9.17) is 10.5 Å². The molecule has 0 radical (unpaired) electrons. The molecule has 1 heterocycles. The summed E-state index contributed by atoms with van der Waals surface area (Å²) in [4.78, 5) is 13.4. The molecule has 0 bridgehead atoms. The van der Waals surface area contributed by atoms with Crippen LogP contribution < -0.4 is 10.5 Å². The van der Waals surface area contributed by atoms with Crippen molar-refractivity contribution in [3.8, 4) is 5.75 Å². The molecule has 0 aliphatic carbocycles. The Balaban J connectivity index is 2.31. The van der Waals surface area contributed by atoms with Gasteiger partial charge in [-0.25, -0.2) is 0 Å². The molecular formula is C13H18N2O2. The van der Waals surface area contributed by atoms with E-state index in [1.54, 1.807) is 4.90 Å². The van der Waals surface area contributed by atoms with Gasteiger partial charge in [0, 0.05) is 12.1 Å². The van der Waals surface area contributed by atoms with Crippen LogP contribution in [-0.2, 0) is 11.3 Å². The van der Waals surface area contributed by atoms with Crippen molar-refractivity contribution < 1.29 is 9.53 Å². The zero-order chi connectivity index (χ0) is 12.4. The molecule has 0 aromatic heterocycles. The molecular weight excluding hydrogens is 216 g/mol. The van der Waals surface area contributed by atoms with Crippen LogP contribution in [0.5, 0.6) is 5.75 Å². The summed E-state index contributed by atoms with van der Waals surface area (Å²) in [5, 5.41) is 0. The topological polar surface area (TPSA) is 55.6 Å². The number of amides is 1. The summed E-state index contributed by atoms with van der Waals surface area (Å²) >= 11 is 0. The highest BCUT2D eigenvalue weighted by Gasteiger charge is 2.19. The monoisotopic (exact) mass is 234 g/mol. The zero-order valence-electron chi connectivity index (χ0n) is 10.3. The number of rotatable bonds is 1. The molecule has 1 aliphatic rings. The fraction of sp³-hybridized carbons (Fsp3) is 0.462. The van der Waals surface area contributed by atoms with Gasteiger partial charge in [0.1, 0.15) is 12.4 Å². The summed E-state index contributed by atoms with van der Waals surface area (Å²) in [6.07, 6.45) is 0. The van der Waals surface area contributed by atoms with E-state index in [1.165, 1.54) is 11.1 Å². The Bertz CT molecular complexity index is 443. The normalized spacial score (nSPS) is 14.9. The number of fused-ring (bicyclic) bond motifs is 1. The van der Waals surface area contributed by atoms with Crippen LogP contribution in [0.4, 0.5) is 0 Å². The Morgan fingerprint density at radius 2 is 2.12 bits per heavy atom. The van der Waals surface area contributed by atoms with Crippen molar-refractivity contribution in [3.05, 3.63) is 28.8 Å². The van der Waals surface area contributed by atoms with Crippen molar-refractivity contribution in [2.75, 3.05) is 19.7 Å². The highest BCUT2D eigenvalue weighted by molar-refractivity contribution is 5.78.